The quantitative estimate of drug-likeness (QED) is 0.807. The molecule has 0 spiro atoms. The van der Waals surface area contributed by atoms with Crippen molar-refractivity contribution in [1.29, 1.82) is 0 Å². The first-order valence-electron chi connectivity index (χ1n) is 6.58. The Bertz CT molecular complexity index is 474. The Morgan fingerprint density at radius 1 is 1.47 bits per heavy atom. The summed E-state index contributed by atoms with van der Waals surface area (Å²) in [6.45, 7) is 4.77. The van der Waals surface area contributed by atoms with Crippen LogP contribution in [0, 0.1) is 0 Å². The van der Waals surface area contributed by atoms with Gasteiger partial charge in [0.2, 0.25) is 0 Å². The lowest BCUT2D eigenvalue weighted by molar-refractivity contribution is 0.196. The van der Waals surface area contributed by atoms with Gasteiger partial charge in [-0.3, -0.25) is 0 Å². The fraction of sp³-hybridized carbons (Fsp3) is 0.538. The third-order valence-electron chi connectivity index (χ3n) is 3.81. The smallest absolute Gasteiger partial charge is 0.317 e. The zero-order valence-corrected chi connectivity index (χ0v) is 10.9. The number of nitrogens with zero attached hydrogens (tertiary/aromatic N) is 3. The summed E-state index contributed by atoms with van der Waals surface area (Å²) in [4.78, 5) is 20.0. The number of piperazine rings is 1. The number of urea groups is 1. The molecule has 6 heteroatoms. The average molecular weight is 262 g/mol. The topological polar surface area (TPSA) is 68.7 Å². The van der Waals surface area contributed by atoms with Gasteiger partial charge in [-0.25, -0.2) is 9.78 Å². The van der Waals surface area contributed by atoms with Gasteiger partial charge in [0.25, 0.3) is 0 Å². The number of hydrogen-bond acceptors (Lipinski definition) is 4. The van der Waals surface area contributed by atoms with Crippen LogP contribution in [0.1, 0.15) is 18.6 Å². The highest BCUT2D eigenvalue weighted by atomic mass is 16.3. The molecule has 2 amide bonds. The van der Waals surface area contributed by atoms with Crippen molar-refractivity contribution in [2.24, 2.45) is 0 Å². The number of aliphatic hydroxyl groups is 1. The molecular formula is C13H18N4O2. The van der Waals surface area contributed by atoms with E-state index < -0.39 is 6.10 Å². The van der Waals surface area contributed by atoms with E-state index in [-0.39, 0.29) is 12.1 Å². The van der Waals surface area contributed by atoms with Crippen molar-refractivity contribution < 1.29 is 9.90 Å². The largest absolute Gasteiger partial charge is 0.389 e. The Morgan fingerprint density at radius 3 is 3.00 bits per heavy atom. The fourth-order valence-corrected chi connectivity index (χ4v) is 2.64. The molecule has 102 valence electrons. The number of nitrogens with one attached hydrogen (secondary N) is 1. The number of aliphatic hydroxyl groups excluding tert-OH is 1. The minimum absolute atomic E-state index is 0.0436. The Labute approximate surface area is 112 Å². The van der Waals surface area contributed by atoms with Gasteiger partial charge in [0.1, 0.15) is 5.82 Å². The maximum atomic E-state index is 11.5. The predicted octanol–water partition coefficient (Wildman–Crippen LogP) is 0.349. The molecule has 0 bridgehead atoms. The van der Waals surface area contributed by atoms with Crippen LogP contribution in [0.5, 0.6) is 0 Å². The summed E-state index contributed by atoms with van der Waals surface area (Å²) in [5.41, 5.74) is 0.820. The van der Waals surface area contributed by atoms with Crippen LogP contribution in [0.2, 0.25) is 0 Å². The molecule has 2 fully saturated rings. The van der Waals surface area contributed by atoms with Crippen molar-refractivity contribution >= 4 is 11.8 Å². The molecule has 0 radical (unpaired) electrons. The monoisotopic (exact) mass is 262 g/mol. The first-order chi connectivity index (χ1) is 9.15. The van der Waals surface area contributed by atoms with Gasteiger partial charge >= 0.3 is 6.03 Å². The van der Waals surface area contributed by atoms with Crippen LogP contribution in [-0.2, 0) is 0 Å². The molecule has 2 aliphatic rings. The molecular weight excluding hydrogens is 244 g/mol. The normalized spacial score (nSPS) is 24.1. The molecule has 0 aliphatic carbocycles. The number of carbonyl (C=O) groups excluding carboxylic acids is 1. The molecule has 2 aliphatic heterocycles. The summed E-state index contributed by atoms with van der Waals surface area (Å²) in [6.07, 6.45) is 1.22. The van der Waals surface area contributed by atoms with Gasteiger partial charge in [0, 0.05) is 32.4 Å². The second-order valence-electron chi connectivity index (χ2n) is 5.10. The van der Waals surface area contributed by atoms with Gasteiger partial charge in [-0.1, -0.05) is 6.07 Å². The van der Waals surface area contributed by atoms with Gasteiger partial charge in [-0.2, -0.15) is 0 Å². The van der Waals surface area contributed by atoms with E-state index in [1.165, 1.54) is 0 Å². The van der Waals surface area contributed by atoms with Gasteiger partial charge in [0.15, 0.2) is 0 Å². The molecule has 19 heavy (non-hydrogen) atoms. The fourth-order valence-electron chi connectivity index (χ4n) is 2.64. The lowest BCUT2D eigenvalue weighted by Gasteiger charge is -2.37. The van der Waals surface area contributed by atoms with E-state index in [0.29, 0.717) is 6.54 Å². The molecule has 2 N–H and O–H groups in total. The van der Waals surface area contributed by atoms with Crippen LogP contribution >= 0.6 is 0 Å². The first kappa shape index (κ1) is 12.2. The van der Waals surface area contributed by atoms with Crippen molar-refractivity contribution in [3.8, 4) is 0 Å². The molecule has 3 heterocycles. The molecule has 0 aromatic carbocycles. The number of carbonyl (C=O) groups is 1. The molecule has 2 saturated heterocycles. The molecule has 1 aromatic heterocycles. The van der Waals surface area contributed by atoms with E-state index in [1.807, 2.05) is 17.0 Å². The predicted molar refractivity (Wildman–Crippen MR) is 71.0 cm³/mol. The number of rotatable bonds is 2. The van der Waals surface area contributed by atoms with Crippen LogP contribution in [0.15, 0.2) is 18.3 Å². The van der Waals surface area contributed by atoms with Crippen molar-refractivity contribution in [3.63, 3.8) is 0 Å². The van der Waals surface area contributed by atoms with E-state index in [2.05, 4.69) is 15.2 Å². The van der Waals surface area contributed by atoms with E-state index >= 15 is 0 Å². The maximum absolute atomic E-state index is 11.5. The number of fused-ring (bicyclic) bond motifs is 1. The van der Waals surface area contributed by atoms with Crippen LogP contribution < -0.4 is 10.2 Å². The number of hydrogen-bond donors (Lipinski definition) is 2. The van der Waals surface area contributed by atoms with E-state index in [9.17, 15) is 9.90 Å². The zero-order valence-electron chi connectivity index (χ0n) is 10.9. The van der Waals surface area contributed by atoms with E-state index in [1.54, 1.807) is 13.1 Å². The molecule has 1 unspecified atom stereocenters. The van der Waals surface area contributed by atoms with Crippen molar-refractivity contribution in [2.75, 3.05) is 31.1 Å². The second kappa shape index (κ2) is 4.70. The molecule has 0 saturated carbocycles. The van der Waals surface area contributed by atoms with Crippen LogP contribution in [0.3, 0.4) is 0 Å². The standard InChI is InChI=1S/C13H18N4O2/c1-9(18)10-2-3-12(14-6-10)16-4-5-17-11(8-16)7-15-13(17)19/h2-3,6,9,11,18H,4-5,7-8H2,1H3,(H,15,19)/t9-,11?/m0/s1. The van der Waals surface area contributed by atoms with Crippen molar-refractivity contribution in [2.45, 2.75) is 19.1 Å². The summed E-state index contributed by atoms with van der Waals surface area (Å²) in [5, 5.41) is 12.3. The summed E-state index contributed by atoms with van der Waals surface area (Å²) in [7, 11) is 0. The van der Waals surface area contributed by atoms with Crippen molar-refractivity contribution in [1.82, 2.24) is 15.2 Å². The summed E-state index contributed by atoms with van der Waals surface area (Å²) < 4.78 is 0. The SMILES string of the molecule is C[C@H](O)c1ccc(N2CCN3C(=O)NCC3C2)nc1. The second-order valence-corrected chi connectivity index (χ2v) is 5.10. The number of aromatic nitrogens is 1. The van der Waals surface area contributed by atoms with Crippen LogP contribution in [-0.4, -0.2) is 53.2 Å². The number of anilines is 1. The Morgan fingerprint density at radius 2 is 2.32 bits per heavy atom. The minimum atomic E-state index is -0.491. The van der Waals surface area contributed by atoms with Gasteiger partial charge in [0.05, 0.1) is 12.1 Å². The minimum Gasteiger partial charge on any atom is -0.389 e. The highest BCUT2D eigenvalue weighted by Gasteiger charge is 2.35. The molecule has 1 aromatic rings. The third-order valence-corrected chi connectivity index (χ3v) is 3.81. The first-order valence-corrected chi connectivity index (χ1v) is 6.58. The number of amides is 2. The van der Waals surface area contributed by atoms with Gasteiger partial charge in [-0.05, 0) is 18.6 Å². The van der Waals surface area contributed by atoms with E-state index in [4.69, 9.17) is 0 Å². The lowest BCUT2D eigenvalue weighted by atomic mass is 10.1. The molecule has 2 atom stereocenters. The Balaban J connectivity index is 1.71. The summed E-state index contributed by atoms with van der Waals surface area (Å²) in [5.74, 6) is 0.906. The average Bonchev–Trinajstić information content (AvgIpc) is 2.80. The third kappa shape index (κ3) is 2.23. The van der Waals surface area contributed by atoms with E-state index in [0.717, 1.165) is 31.0 Å². The zero-order chi connectivity index (χ0) is 13.4. The number of pyridine rings is 1. The highest BCUT2D eigenvalue weighted by Crippen LogP contribution is 2.21. The van der Waals surface area contributed by atoms with Crippen LogP contribution in [0.4, 0.5) is 10.6 Å². The Hall–Kier alpha value is -1.82. The van der Waals surface area contributed by atoms with Crippen LogP contribution in [0.25, 0.3) is 0 Å². The lowest BCUT2D eigenvalue weighted by Crippen LogP contribution is -2.52. The maximum Gasteiger partial charge on any atom is 0.317 e. The summed E-state index contributed by atoms with van der Waals surface area (Å²) >= 11 is 0. The summed E-state index contributed by atoms with van der Waals surface area (Å²) in [6, 6.07) is 4.11. The van der Waals surface area contributed by atoms with Crippen molar-refractivity contribution in [3.05, 3.63) is 23.9 Å². The molecule has 6 nitrogen and oxygen atoms in total. The highest BCUT2D eigenvalue weighted by molar-refractivity contribution is 5.77. The Kier molecular flexibility index (Phi) is 3.02. The molecule has 3 rings (SSSR count). The van der Waals surface area contributed by atoms with Gasteiger partial charge < -0.3 is 20.2 Å². The van der Waals surface area contributed by atoms with Gasteiger partial charge in [-0.15, -0.1) is 0 Å².